The Kier molecular flexibility index (Phi) is 4.91. The van der Waals surface area contributed by atoms with Crippen LogP contribution in [0.4, 0.5) is 10.1 Å². The molecule has 1 N–H and O–H groups in total. The molecule has 0 saturated heterocycles. The van der Waals surface area contributed by atoms with E-state index in [1.807, 2.05) is 0 Å². The van der Waals surface area contributed by atoms with Gasteiger partial charge in [-0.25, -0.2) is 4.39 Å². The van der Waals surface area contributed by atoms with Gasteiger partial charge in [0.25, 0.3) is 5.91 Å². The van der Waals surface area contributed by atoms with Crippen molar-refractivity contribution in [2.45, 2.75) is 0 Å². The number of benzene rings is 2. The Morgan fingerprint density at radius 1 is 1.05 bits per heavy atom. The fourth-order valence-electron chi connectivity index (χ4n) is 1.51. The van der Waals surface area contributed by atoms with E-state index < -0.39 is 11.7 Å². The molecule has 0 aliphatic heterocycles. The molecule has 2 nitrogen and oxygen atoms in total. The molecule has 0 radical (unpaired) electrons. The van der Waals surface area contributed by atoms with Crippen molar-refractivity contribution in [1.82, 2.24) is 0 Å². The van der Waals surface area contributed by atoms with Gasteiger partial charge < -0.3 is 5.32 Å². The lowest BCUT2D eigenvalue weighted by Gasteiger charge is -2.10. The van der Waals surface area contributed by atoms with E-state index >= 15 is 0 Å². The Hall–Kier alpha value is -0.810. The first kappa shape index (κ1) is 15.6. The van der Waals surface area contributed by atoms with Crippen molar-refractivity contribution in [2.75, 3.05) is 5.32 Å². The Bertz CT molecular complexity index is 670. The van der Waals surface area contributed by atoms with Crippen LogP contribution >= 0.6 is 50.7 Å². The topological polar surface area (TPSA) is 29.1 Å². The number of amides is 1. The van der Waals surface area contributed by atoms with E-state index in [4.69, 9.17) is 34.8 Å². The summed E-state index contributed by atoms with van der Waals surface area (Å²) in [5.41, 5.74) is 0.383. The summed E-state index contributed by atoms with van der Waals surface area (Å²) in [7, 11) is 0. The lowest BCUT2D eigenvalue weighted by molar-refractivity contribution is 0.102. The molecule has 1 amide bonds. The smallest absolute Gasteiger partial charge is 0.257 e. The van der Waals surface area contributed by atoms with E-state index in [0.29, 0.717) is 4.47 Å². The Morgan fingerprint density at radius 2 is 1.65 bits per heavy atom. The maximum atomic E-state index is 13.1. The van der Waals surface area contributed by atoms with Gasteiger partial charge in [-0.2, -0.15) is 0 Å². The number of hydrogen-bond donors (Lipinski definition) is 1. The Labute approximate surface area is 138 Å². The van der Waals surface area contributed by atoms with Gasteiger partial charge in [0.2, 0.25) is 0 Å². The second kappa shape index (κ2) is 6.31. The zero-order chi connectivity index (χ0) is 14.9. The minimum atomic E-state index is -0.585. The zero-order valence-corrected chi connectivity index (χ0v) is 13.5. The van der Waals surface area contributed by atoms with Crippen LogP contribution in [0.15, 0.2) is 34.8 Å². The van der Waals surface area contributed by atoms with Gasteiger partial charge >= 0.3 is 0 Å². The molecule has 20 heavy (non-hydrogen) atoms. The van der Waals surface area contributed by atoms with Crippen LogP contribution in [-0.4, -0.2) is 5.91 Å². The van der Waals surface area contributed by atoms with Gasteiger partial charge in [0.1, 0.15) is 5.82 Å². The Morgan fingerprint density at radius 3 is 2.25 bits per heavy atom. The lowest BCUT2D eigenvalue weighted by Crippen LogP contribution is -2.13. The van der Waals surface area contributed by atoms with Crippen molar-refractivity contribution in [3.8, 4) is 0 Å². The molecule has 0 fully saturated rings. The third-order valence-electron chi connectivity index (χ3n) is 2.42. The molecule has 0 aliphatic carbocycles. The number of carbonyl (C=O) groups excluding carboxylic acids is 1. The largest absolute Gasteiger partial charge is 0.319 e. The van der Waals surface area contributed by atoms with E-state index in [0.717, 1.165) is 12.1 Å². The zero-order valence-electron chi connectivity index (χ0n) is 9.68. The number of nitrogens with one attached hydrogen (secondary N) is 1. The number of hydrogen-bond acceptors (Lipinski definition) is 1. The quantitative estimate of drug-likeness (QED) is 0.682. The Balaban J connectivity index is 2.35. The monoisotopic (exact) mass is 395 g/mol. The molecule has 0 aromatic heterocycles. The number of anilines is 1. The predicted molar refractivity (Wildman–Crippen MR) is 83.5 cm³/mol. The van der Waals surface area contributed by atoms with Crippen molar-refractivity contribution in [3.05, 3.63) is 61.3 Å². The highest BCUT2D eigenvalue weighted by Gasteiger charge is 2.15. The normalized spacial score (nSPS) is 10.4. The molecule has 0 bridgehead atoms. The van der Waals surface area contributed by atoms with Crippen molar-refractivity contribution in [1.29, 1.82) is 0 Å². The summed E-state index contributed by atoms with van der Waals surface area (Å²) in [5.74, 6) is -1.08. The van der Waals surface area contributed by atoms with E-state index in [9.17, 15) is 9.18 Å². The van der Waals surface area contributed by atoms with Crippen molar-refractivity contribution >= 4 is 62.3 Å². The van der Waals surface area contributed by atoms with Gasteiger partial charge in [-0.1, -0.05) is 50.7 Å². The van der Waals surface area contributed by atoms with Crippen LogP contribution < -0.4 is 5.32 Å². The maximum absolute atomic E-state index is 13.1. The van der Waals surface area contributed by atoms with Crippen LogP contribution in [0.25, 0.3) is 0 Å². The molecule has 0 aliphatic rings. The van der Waals surface area contributed by atoms with E-state index in [2.05, 4.69) is 21.2 Å². The fraction of sp³-hybridized carbons (Fsp3) is 0. The second-order valence-electron chi connectivity index (χ2n) is 3.82. The first-order valence-corrected chi connectivity index (χ1v) is 7.22. The summed E-state index contributed by atoms with van der Waals surface area (Å²) in [4.78, 5) is 12.1. The van der Waals surface area contributed by atoms with Crippen molar-refractivity contribution < 1.29 is 9.18 Å². The molecule has 0 heterocycles. The van der Waals surface area contributed by atoms with Crippen molar-refractivity contribution in [3.63, 3.8) is 0 Å². The van der Waals surface area contributed by atoms with Crippen LogP contribution in [0.5, 0.6) is 0 Å². The van der Waals surface area contributed by atoms with E-state index in [1.54, 1.807) is 18.2 Å². The highest BCUT2D eigenvalue weighted by atomic mass is 79.9. The second-order valence-corrected chi connectivity index (χ2v) is 5.96. The molecule has 0 atom stereocenters. The first-order chi connectivity index (χ1) is 9.38. The highest BCUT2D eigenvalue weighted by Crippen LogP contribution is 2.32. The summed E-state index contributed by atoms with van der Waals surface area (Å²) < 4.78 is 13.8. The minimum absolute atomic E-state index is 0.00877. The average Bonchev–Trinajstić information content (AvgIpc) is 2.36. The summed E-state index contributed by atoms with van der Waals surface area (Å²) in [6.45, 7) is 0. The third kappa shape index (κ3) is 3.44. The molecule has 0 unspecified atom stereocenters. The van der Waals surface area contributed by atoms with Gasteiger partial charge in [-0.3, -0.25) is 4.79 Å². The van der Waals surface area contributed by atoms with Gasteiger partial charge in [0.05, 0.1) is 26.3 Å². The first-order valence-electron chi connectivity index (χ1n) is 5.29. The van der Waals surface area contributed by atoms with Gasteiger partial charge in [0.15, 0.2) is 0 Å². The molecule has 0 spiro atoms. The molecule has 2 rings (SSSR count). The molecule has 2 aromatic carbocycles. The molecule has 2 aromatic rings. The van der Waals surface area contributed by atoms with Gasteiger partial charge in [-0.15, -0.1) is 0 Å². The highest BCUT2D eigenvalue weighted by molar-refractivity contribution is 9.10. The molecular weight excluding hydrogens is 391 g/mol. The SMILES string of the molecule is O=C(Nc1c(Cl)cc(F)cc1Cl)c1cc(Br)ccc1Cl. The summed E-state index contributed by atoms with van der Waals surface area (Å²) >= 11 is 20.9. The number of carbonyl (C=O) groups is 1. The molecular formula is C13H6BrCl3FNO. The molecule has 104 valence electrons. The van der Waals surface area contributed by atoms with Gasteiger partial charge in [-0.05, 0) is 30.3 Å². The van der Waals surface area contributed by atoms with Crippen LogP contribution in [0.3, 0.4) is 0 Å². The van der Waals surface area contributed by atoms with Crippen LogP contribution in [0.1, 0.15) is 10.4 Å². The molecule has 0 saturated carbocycles. The lowest BCUT2D eigenvalue weighted by atomic mass is 10.2. The average molecular weight is 397 g/mol. The predicted octanol–water partition coefficient (Wildman–Crippen LogP) is 5.80. The van der Waals surface area contributed by atoms with E-state index in [-0.39, 0.29) is 26.3 Å². The molecule has 7 heteroatoms. The standard InChI is InChI=1S/C13H6BrCl3FNO/c14-6-1-2-9(15)8(3-6)13(20)19-12-10(16)4-7(18)5-11(12)17/h1-5H,(H,19,20). The summed E-state index contributed by atoms with van der Waals surface area (Å²) in [6, 6.07) is 6.96. The number of rotatable bonds is 2. The summed E-state index contributed by atoms with van der Waals surface area (Å²) in [6.07, 6.45) is 0. The van der Waals surface area contributed by atoms with Crippen LogP contribution in [0.2, 0.25) is 15.1 Å². The maximum Gasteiger partial charge on any atom is 0.257 e. The van der Waals surface area contributed by atoms with Crippen LogP contribution in [-0.2, 0) is 0 Å². The van der Waals surface area contributed by atoms with Crippen LogP contribution in [0, 0.1) is 5.82 Å². The minimum Gasteiger partial charge on any atom is -0.319 e. The summed E-state index contributed by atoms with van der Waals surface area (Å²) in [5, 5.41) is 2.81. The van der Waals surface area contributed by atoms with Gasteiger partial charge in [0, 0.05) is 4.47 Å². The third-order valence-corrected chi connectivity index (χ3v) is 3.84. The van der Waals surface area contributed by atoms with E-state index in [1.165, 1.54) is 0 Å². The van der Waals surface area contributed by atoms with Crippen molar-refractivity contribution in [2.24, 2.45) is 0 Å². The number of halogens is 5. The fourth-order valence-corrected chi connectivity index (χ4v) is 2.63.